The number of aliphatic imine (C=N–C) groups is 1. The highest BCUT2D eigenvalue weighted by Gasteiger charge is 2.31. The number of benzene rings is 2. The predicted molar refractivity (Wildman–Crippen MR) is 169 cm³/mol. The van der Waals surface area contributed by atoms with Gasteiger partial charge in [0.2, 0.25) is 11.8 Å². The lowest BCUT2D eigenvalue weighted by atomic mass is 10.00. The predicted octanol–water partition coefficient (Wildman–Crippen LogP) is 3.50. The van der Waals surface area contributed by atoms with E-state index in [2.05, 4.69) is 42.2 Å². The Morgan fingerprint density at radius 2 is 1.61 bits per heavy atom. The summed E-state index contributed by atoms with van der Waals surface area (Å²) in [7, 11) is 0. The van der Waals surface area contributed by atoms with Crippen LogP contribution < -0.4 is 10.2 Å². The summed E-state index contributed by atoms with van der Waals surface area (Å²) in [6.07, 6.45) is 7.76. The van der Waals surface area contributed by atoms with E-state index in [0.717, 1.165) is 65.4 Å². The van der Waals surface area contributed by atoms with E-state index in [1.54, 1.807) is 24.8 Å². The lowest BCUT2D eigenvalue weighted by Gasteiger charge is -2.36. The van der Waals surface area contributed by atoms with E-state index < -0.39 is 0 Å². The summed E-state index contributed by atoms with van der Waals surface area (Å²) < 4.78 is 0. The van der Waals surface area contributed by atoms with Crippen LogP contribution in [-0.4, -0.2) is 88.1 Å². The molecular weight excluding hydrogens is 552 g/mol. The average Bonchev–Trinajstić information content (AvgIpc) is 3.73. The monoisotopic (exact) mass is 586 g/mol. The minimum atomic E-state index is -0.148. The zero-order valence-corrected chi connectivity index (χ0v) is 24.5. The summed E-state index contributed by atoms with van der Waals surface area (Å²) >= 11 is 0. The lowest BCUT2D eigenvalue weighted by molar-refractivity contribution is -0.132. The smallest absolute Gasteiger partial charge is 0.236 e. The summed E-state index contributed by atoms with van der Waals surface area (Å²) in [5, 5.41) is 3.12. The molecular formula is C34H34N8O2. The van der Waals surface area contributed by atoms with Crippen molar-refractivity contribution in [1.29, 1.82) is 0 Å². The maximum atomic E-state index is 13.2. The van der Waals surface area contributed by atoms with Crippen molar-refractivity contribution in [2.45, 2.75) is 13.0 Å². The van der Waals surface area contributed by atoms with Crippen LogP contribution in [0.15, 0.2) is 90.4 Å². The van der Waals surface area contributed by atoms with E-state index in [4.69, 9.17) is 4.99 Å². The Labute approximate surface area is 256 Å². The second kappa shape index (κ2) is 12.3. The van der Waals surface area contributed by atoms with Gasteiger partial charge in [-0.1, -0.05) is 6.07 Å². The molecule has 0 bridgehead atoms. The molecule has 2 aromatic carbocycles. The number of carbonyl (C=O) groups excluding carboxylic acids is 2. The molecule has 7 rings (SSSR count). The Hall–Kier alpha value is -4.96. The molecule has 0 spiro atoms. The quantitative estimate of drug-likeness (QED) is 0.353. The first kappa shape index (κ1) is 27.8. The molecule has 222 valence electrons. The topological polar surface area (TPSA) is 107 Å². The van der Waals surface area contributed by atoms with Crippen molar-refractivity contribution in [1.82, 2.24) is 24.8 Å². The molecule has 44 heavy (non-hydrogen) atoms. The van der Waals surface area contributed by atoms with Crippen molar-refractivity contribution >= 4 is 28.9 Å². The molecule has 0 saturated carbocycles. The van der Waals surface area contributed by atoms with Gasteiger partial charge in [-0.25, -0.2) is 9.97 Å². The highest BCUT2D eigenvalue weighted by molar-refractivity contribution is 6.15. The first-order valence-electron chi connectivity index (χ1n) is 15.1. The molecule has 0 unspecified atom stereocenters. The number of rotatable bonds is 7. The summed E-state index contributed by atoms with van der Waals surface area (Å²) in [6, 6.07) is 20.0. The van der Waals surface area contributed by atoms with E-state index in [1.165, 1.54) is 0 Å². The van der Waals surface area contributed by atoms with Crippen LogP contribution in [0.5, 0.6) is 0 Å². The molecule has 10 nitrogen and oxygen atoms in total. The summed E-state index contributed by atoms with van der Waals surface area (Å²) in [4.78, 5) is 50.2. The van der Waals surface area contributed by atoms with Crippen LogP contribution in [0.1, 0.15) is 23.1 Å². The molecule has 2 fully saturated rings. The van der Waals surface area contributed by atoms with Crippen molar-refractivity contribution in [2.75, 3.05) is 56.0 Å². The van der Waals surface area contributed by atoms with Gasteiger partial charge < -0.3 is 15.1 Å². The van der Waals surface area contributed by atoms with Gasteiger partial charge in [0.25, 0.3) is 0 Å². The maximum absolute atomic E-state index is 13.2. The maximum Gasteiger partial charge on any atom is 0.236 e. The van der Waals surface area contributed by atoms with E-state index in [9.17, 15) is 9.59 Å². The molecule has 0 radical (unpaired) electrons. The van der Waals surface area contributed by atoms with Crippen molar-refractivity contribution in [3.05, 3.63) is 102 Å². The fraction of sp³-hybridized carbons (Fsp3) is 0.294. The molecule has 0 aliphatic carbocycles. The Morgan fingerprint density at radius 3 is 2.39 bits per heavy atom. The van der Waals surface area contributed by atoms with Crippen LogP contribution >= 0.6 is 0 Å². The van der Waals surface area contributed by atoms with E-state index in [0.29, 0.717) is 38.5 Å². The highest BCUT2D eigenvalue weighted by atomic mass is 16.2. The van der Waals surface area contributed by atoms with Crippen LogP contribution in [0.3, 0.4) is 0 Å². The van der Waals surface area contributed by atoms with Gasteiger partial charge in [0.15, 0.2) is 5.82 Å². The minimum absolute atomic E-state index is 0.00115. The normalized spacial score (nSPS) is 18.2. The van der Waals surface area contributed by atoms with E-state index >= 15 is 0 Å². The van der Waals surface area contributed by atoms with Crippen LogP contribution in [0, 0.1) is 5.92 Å². The summed E-state index contributed by atoms with van der Waals surface area (Å²) in [5.74, 6) is 0.693. The van der Waals surface area contributed by atoms with E-state index in [1.807, 2.05) is 53.4 Å². The van der Waals surface area contributed by atoms with Crippen LogP contribution in [-0.2, 0) is 16.1 Å². The second-order valence-electron chi connectivity index (χ2n) is 11.5. The SMILES string of the molecule is O=C(Nc1ccc2c(c1)C(c1ccncc1)=NC2)[C@@H]1CCN(CC(=O)N2CCN(c3ccc(-c4ncccn4)cc3)CC2)C1. The van der Waals surface area contributed by atoms with Crippen LogP contribution in [0.4, 0.5) is 11.4 Å². The number of fused-ring (bicyclic) bond motifs is 1. The van der Waals surface area contributed by atoms with Gasteiger partial charge in [0.1, 0.15) is 0 Å². The molecule has 5 heterocycles. The average molecular weight is 587 g/mol. The summed E-state index contributed by atoms with van der Waals surface area (Å²) in [5.41, 5.74) is 7.04. The zero-order chi connectivity index (χ0) is 29.9. The first-order chi connectivity index (χ1) is 21.6. The fourth-order valence-corrected chi connectivity index (χ4v) is 6.23. The van der Waals surface area contributed by atoms with Crippen molar-refractivity contribution in [3.63, 3.8) is 0 Å². The Balaban J connectivity index is 0.886. The largest absolute Gasteiger partial charge is 0.368 e. The van der Waals surface area contributed by atoms with Crippen molar-refractivity contribution < 1.29 is 9.59 Å². The zero-order valence-electron chi connectivity index (χ0n) is 24.5. The van der Waals surface area contributed by atoms with Gasteiger partial charge >= 0.3 is 0 Å². The van der Waals surface area contributed by atoms with Gasteiger partial charge in [-0.2, -0.15) is 0 Å². The molecule has 10 heteroatoms. The molecule has 4 aromatic rings. The molecule has 1 atom stereocenters. The van der Waals surface area contributed by atoms with Gasteiger partial charge in [0.05, 0.1) is 24.7 Å². The molecule has 3 aliphatic heterocycles. The molecule has 2 saturated heterocycles. The number of nitrogens with one attached hydrogen (secondary N) is 1. The van der Waals surface area contributed by atoms with Crippen molar-refractivity contribution in [3.8, 4) is 11.4 Å². The number of carbonyl (C=O) groups is 2. The van der Waals surface area contributed by atoms with Crippen molar-refractivity contribution in [2.24, 2.45) is 10.9 Å². The molecule has 1 N–H and O–H groups in total. The van der Waals surface area contributed by atoms with Gasteiger partial charge in [-0.15, -0.1) is 0 Å². The number of aromatic nitrogens is 3. The number of hydrogen-bond acceptors (Lipinski definition) is 8. The third-order valence-electron chi connectivity index (χ3n) is 8.68. The van der Waals surface area contributed by atoms with Gasteiger partial charge in [0, 0.05) is 85.6 Å². The fourth-order valence-electron chi connectivity index (χ4n) is 6.23. The van der Waals surface area contributed by atoms with Gasteiger partial charge in [-0.3, -0.25) is 24.5 Å². The first-order valence-corrected chi connectivity index (χ1v) is 15.1. The number of anilines is 2. The summed E-state index contributed by atoms with van der Waals surface area (Å²) in [6.45, 7) is 5.25. The number of nitrogens with zero attached hydrogens (tertiary/aromatic N) is 7. The Bertz CT molecular complexity index is 1670. The third-order valence-corrected chi connectivity index (χ3v) is 8.68. The Kier molecular flexibility index (Phi) is 7.81. The molecule has 2 amide bonds. The van der Waals surface area contributed by atoms with Gasteiger partial charge in [-0.05, 0) is 73.1 Å². The third kappa shape index (κ3) is 5.93. The number of likely N-dealkylation sites (tertiary alicyclic amines) is 1. The number of amides is 2. The second-order valence-corrected chi connectivity index (χ2v) is 11.5. The number of hydrogen-bond donors (Lipinski definition) is 1. The number of pyridine rings is 1. The number of piperazine rings is 1. The minimum Gasteiger partial charge on any atom is -0.368 e. The Morgan fingerprint density at radius 1 is 0.841 bits per heavy atom. The van der Waals surface area contributed by atoms with E-state index in [-0.39, 0.29) is 17.7 Å². The highest BCUT2D eigenvalue weighted by Crippen LogP contribution is 2.27. The van der Waals surface area contributed by atoms with Crippen LogP contribution in [0.2, 0.25) is 0 Å². The lowest BCUT2D eigenvalue weighted by Crippen LogP contribution is -2.51. The molecule has 3 aliphatic rings. The standard InChI is InChI=1S/C34H34N8O2/c43-31(42-18-16-41(17-19-42)29-6-3-25(4-7-29)33-36-11-1-12-37-33)23-40-15-10-27(22-40)34(44)39-28-5-2-26-21-38-32(30(26)20-28)24-8-13-35-14-9-24/h1-9,11-14,20,27H,10,15-19,21-23H2,(H,39,44)/t27-/m1/s1. The molecule has 2 aromatic heterocycles. The van der Waals surface area contributed by atoms with Crippen LogP contribution in [0.25, 0.3) is 11.4 Å².